The molecule has 1 aromatic heterocycles. The van der Waals surface area contributed by atoms with E-state index in [2.05, 4.69) is 10.8 Å². The molecule has 2 atom stereocenters. The van der Waals surface area contributed by atoms with Crippen LogP contribution in [0.25, 0.3) is 10.2 Å². The van der Waals surface area contributed by atoms with Crippen molar-refractivity contribution in [3.05, 3.63) is 59.1 Å². The number of piperidine rings is 1. The van der Waals surface area contributed by atoms with E-state index in [1.54, 1.807) is 23.5 Å². The monoisotopic (exact) mass is 485 g/mol. The molecule has 3 heterocycles. The van der Waals surface area contributed by atoms with Crippen molar-refractivity contribution >= 4 is 37.5 Å². The SMILES string of the molecule is O=C(c1ccc(S(=O)(=O)NCC2CCCO2)cc1)N1CCCC(c2nc3ccccc3s2)C1. The highest BCUT2D eigenvalue weighted by Gasteiger charge is 2.28. The number of hydrogen-bond donors (Lipinski definition) is 1. The van der Waals surface area contributed by atoms with Gasteiger partial charge in [-0.3, -0.25) is 4.79 Å². The van der Waals surface area contributed by atoms with Gasteiger partial charge in [0.1, 0.15) is 0 Å². The molecule has 174 valence electrons. The number of hydrogen-bond acceptors (Lipinski definition) is 6. The number of amides is 1. The highest BCUT2D eigenvalue weighted by atomic mass is 32.2. The molecule has 3 aromatic rings. The summed E-state index contributed by atoms with van der Waals surface area (Å²) in [7, 11) is -3.63. The summed E-state index contributed by atoms with van der Waals surface area (Å²) >= 11 is 1.70. The van der Waals surface area contributed by atoms with Gasteiger partial charge in [0.05, 0.1) is 26.2 Å². The van der Waals surface area contributed by atoms with Crippen LogP contribution in [-0.2, 0) is 14.8 Å². The summed E-state index contributed by atoms with van der Waals surface area (Å²) in [5.41, 5.74) is 1.50. The number of para-hydroxylation sites is 1. The molecule has 0 radical (unpaired) electrons. The Morgan fingerprint density at radius 3 is 2.70 bits per heavy atom. The first kappa shape index (κ1) is 22.5. The van der Waals surface area contributed by atoms with Crippen molar-refractivity contribution < 1.29 is 17.9 Å². The quantitative estimate of drug-likeness (QED) is 0.574. The number of thiazole rings is 1. The van der Waals surface area contributed by atoms with Crippen LogP contribution in [0.1, 0.15) is 47.0 Å². The predicted molar refractivity (Wildman–Crippen MR) is 128 cm³/mol. The van der Waals surface area contributed by atoms with Gasteiger partial charge in [-0.25, -0.2) is 18.1 Å². The number of rotatable bonds is 6. The number of nitrogens with zero attached hydrogens (tertiary/aromatic N) is 2. The molecule has 33 heavy (non-hydrogen) atoms. The molecule has 2 fully saturated rings. The number of sulfonamides is 1. The van der Waals surface area contributed by atoms with Crippen LogP contribution in [0.4, 0.5) is 0 Å². The molecule has 2 aliphatic rings. The molecule has 9 heteroatoms. The number of likely N-dealkylation sites (tertiary alicyclic amines) is 1. The Labute approximate surface area is 197 Å². The van der Waals surface area contributed by atoms with Gasteiger partial charge in [-0.1, -0.05) is 12.1 Å². The van der Waals surface area contributed by atoms with E-state index in [1.807, 2.05) is 23.1 Å². The van der Waals surface area contributed by atoms with Gasteiger partial charge in [0.2, 0.25) is 10.0 Å². The number of nitrogens with one attached hydrogen (secondary N) is 1. The zero-order valence-electron chi connectivity index (χ0n) is 18.3. The summed E-state index contributed by atoms with van der Waals surface area (Å²) in [6.45, 7) is 2.27. The van der Waals surface area contributed by atoms with Crippen LogP contribution in [0.5, 0.6) is 0 Å². The van der Waals surface area contributed by atoms with Crippen LogP contribution in [0, 0.1) is 0 Å². The third-order valence-electron chi connectivity index (χ3n) is 6.30. The number of carbonyl (C=O) groups excluding carboxylic acids is 1. The molecule has 0 spiro atoms. The van der Waals surface area contributed by atoms with Crippen LogP contribution in [-0.4, -0.2) is 56.6 Å². The van der Waals surface area contributed by atoms with E-state index in [0.29, 0.717) is 25.3 Å². The maximum absolute atomic E-state index is 13.1. The molecule has 0 aliphatic carbocycles. The third-order valence-corrected chi connectivity index (χ3v) is 8.94. The highest BCUT2D eigenvalue weighted by molar-refractivity contribution is 7.89. The molecule has 2 saturated heterocycles. The van der Waals surface area contributed by atoms with Gasteiger partial charge in [0.15, 0.2) is 0 Å². The van der Waals surface area contributed by atoms with Gasteiger partial charge < -0.3 is 9.64 Å². The molecule has 0 bridgehead atoms. The fourth-order valence-electron chi connectivity index (χ4n) is 4.48. The van der Waals surface area contributed by atoms with Crippen molar-refractivity contribution in [2.45, 2.75) is 42.6 Å². The zero-order valence-corrected chi connectivity index (χ0v) is 19.9. The van der Waals surface area contributed by atoms with Crippen LogP contribution in [0.2, 0.25) is 0 Å². The predicted octanol–water partition coefficient (Wildman–Crippen LogP) is 3.77. The Balaban J connectivity index is 1.25. The van der Waals surface area contributed by atoms with Gasteiger partial charge in [0, 0.05) is 37.7 Å². The summed E-state index contributed by atoms with van der Waals surface area (Å²) in [5.74, 6) is 0.152. The minimum absolute atomic E-state index is 0.0666. The summed E-state index contributed by atoms with van der Waals surface area (Å²) in [5, 5.41) is 1.08. The lowest BCUT2D eigenvalue weighted by molar-refractivity contribution is 0.0707. The van der Waals surface area contributed by atoms with Gasteiger partial charge in [-0.05, 0) is 62.1 Å². The minimum atomic E-state index is -3.63. The molecule has 2 aliphatic heterocycles. The standard InChI is InChI=1S/C24H27N3O4S2/c28-24(17-9-11-20(12-10-17)33(29,30)25-15-19-6-4-14-31-19)27-13-3-5-18(16-27)23-26-21-7-1-2-8-22(21)32-23/h1-2,7-12,18-19,25H,3-6,13-16H2. The average molecular weight is 486 g/mol. The van der Waals surface area contributed by atoms with E-state index in [9.17, 15) is 13.2 Å². The van der Waals surface area contributed by atoms with E-state index in [-0.39, 0.29) is 29.4 Å². The Bertz CT molecular complexity index is 1200. The summed E-state index contributed by atoms with van der Waals surface area (Å²) in [4.78, 5) is 19.9. The van der Waals surface area contributed by atoms with Crippen molar-refractivity contribution in [2.75, 3.05) is 26.2 Å². The molecule has 1 amide bonds. The fourth-order valence-corrected chi connectivity index (χ4v) is 6.64. The van der Waals surface area contributed by atoms with Crippen LogP contribution < -0.4 is 4.72 Å². The first-order chi connectivity index (χ1) is 16.0. The lowest BCUT2D eigenvalue weighted by Crippen LogP contribution is -2.39. The van der Waals surface area contributed by atoms with E-state index in [0.717, 1.165) is 36.2 Å². The van der Waals surface area contributed by atoms with Crippen LogP contribution in [0.15, 0.2) is 53.4 Å². The number of aromatic nitrogens is 1. The minimum Gasteiger partial charge on any atom is -0.377 e. The lowest BCUT2D eigenvalue weighted by atomic mass is 9.98. The Hall–Kier alpha value is -2.33. The van der Waals surface area contributed by atoms with Gasteiger partial charge in [-0.15, -0.1) is 11.3 Å². The third kappa shape index (κ3) is 4.96. The molecule has 1 N–H and O–H groups in total. The second kappa shape index (κ2) is 9.50. The van der Waals surface area contributed by atoms with Crippen molar-refractivity contribution in [3.8, 4) is 0 Å². The normalized spacial score (nSPS) is 21.5. The van der Waals surface area contributed by atoms with Crippen LogP contribution in [0.3, 0.4) is 0 Å². The average Bonchev–Trinajstić information content (AvgIpc) is 3.52. The molecular formula is C24H27N3O4S2. The number of carbonyl (C=O) groups is 1. The summed E-state index contributed by atoms with van der Waals surface area (Å²) in [6, 6.07) is 14.3. The second-order valence-electron chi connectivity index (χ2n) is 8.62. The van der Waals surface area contributed by atoms with Crippen molar-refractivity contribution in [1.29, 1.82) is 0 Å². The molecule has 0 saturated carbocycles. The largest absolute Gasteiger partial charge is 0.377 e. The first-order valence-corrected chi connectivity index (χ1v) is 13.7. The maximum atomic E-state index is 13.1. The van der Waals surface area contributed by atoms with Crippen molar-refractivity contribution in [1.82, 2.24) is 14.6 Å². The summed E-state index contributed by atoms with van der Waals surface area (Å²) in [6.07, 6.45) is 3.69. The summed E-state index contributed by atoms with van der Waals surface area (Å²) < 4.78 is 34.4. The Morgan fingerprint density at radius 2 is 1.94 bits per heavy atom. The Kier molecular flexibility index (Phi) is 6.47. The van der Waals surface area contributed by atoms with E-state index < -0.39 is 10.0 Å². The molecular weight excluding hydrogens is 458 g/mol. The number of benzene rings is 2. The van der Waals surface area contributed by atoms with Gasteiger partial charge in [-0.2, -0.15) is 0 Å². The highest BCUT2D eigenvalue weighted by Crippen LogP contribution is 2.33. The molecule has 5 rings (SSSR count). The van der Waals surface area contributed by atoms with Gasteiger partial charge in [0.25, 0.3) is 5.91 Å². The molecule has 2 unspecified atom stereocenters. The lowest BCUT2D eigenvalue weighted by Gasteiger charge is -2.32. The van der Waals surface area contributed by atoms with E-state index in [4.69, 9.17) is 9.72 Å². The fraction of sp³-hybridized carbons (Fsp3) is 0.417. The van der Waals surface area contributed by atoms with Crippen molar-refractivity contribution in [3.63, 3.8) is 0 Å². The van der Waals surface area contributed by atoms with Crippen molar-refractivity contribution in [2.24, 2.45) is 0 Å². The van der Waals surface area contributed by atoms with Gasteiger partial charge >= 0.3 is 0 Å². The first-order valence-electron chi connectivity index (χ1n) is 11.4. The second-order valence-corrected chi connectivity index (χ2v) is 11.5. The van der Waals surface area contributed by atoms with Crippen LogP contribution >= 0.6 is 11.3 Å². The van der Waals surface area contributed by atoms with E-state index >= 15 is 0 Å². The number of ether oxygens (including phenoxy) is 1. The zero-order chi connectivity index (χ0) is 22.8. The Morgan fingerprint density at radius 1 is 1.12 bits per heavy atom. The number of fused-ring (bicyclic) bond motifs is 1. The molecule has 7 nitrogen and oxygen atoms in total. The van der Waals surface area contributed by atoms with E-state index in [1.165, 1.54) is 16.8 Å². The smallest absolute Gasteiger partial charge is 0.253 e. The topological polar surface area (TPSA) is 88.6 Å². The molecule has 2 aromatic carbocycles. The maximum Gasteiger partial charge on any atom is 0.253 e.